The predicted molar refractivity (Wildman–Crippen MR) is 76.8 cm³/mol. The van der Waals surface area contributed by atoms with Crippen molar-refractivity contribution in [3.05, 3.63) is 48.6 Å². The molecule has 0 aliphatic heterocycles. The summed E-state index contributed by atoms with van der Waals surface area (Å²) >= 11 is 0. The molecule has 2 rings (SSSR count). The highest BCUT2D eigenvalue weighted by molar-refractivity contribution is 5.75. The van der Waals surface area contributed by atoms with Gasteiger partial charge >= 0.3 is 5.97 Å². The lowest BCUT2D eigenvalue weighted by Crippen LogP contribution is -2.25. The molecule has 1 aliphatic carbocycles. The van der Waals surface area contributed by atoms with E-state index in [1.165, 1.54) is 31.9 Å². The molecule has 102 valence electrons. The van der Waals surface area contributed by atoms with E-state index in [2.05, 4.69) is 18.7 Å². The number of carbonyl (C=O) groups is 1. The summed E-state index contributed by atoms with van der Waals surface area (Å²) in [5.74, 6) is 0.518. The zero-order valence-electron chi connectivity index (χ0n) is 11.5. The van der Waals surface area contributed by atoms with Gasteiger partial charge < -0.3 is 4.74 Å². The predicted octanol–water partition coefficient (Wildman–Crippen LogP) is 3.94. The van der Waals surface area contributed by atoms with E-state index in [4.69, 9.17) is 4.74 Å². The molecule has 1 fully saturated rings. The maximum Gasteiger partial charge on any atom is 0.313 e. The summed E-state index contributed by atoms with van der Waals surface area (Å²) in [5, 5.41) is 0. The summed E-state index contributed by atoms with van der Waals surface area (Å²) in [6.07, 6.45) is 6.68. The van der Waals surface area contributed by atoms with Crippen LogP contribution in [0.15, 0.2) is 43.0 Å². The van der Waals surface area contributed by atoms with Gasteiger partial charge in [-0.1, -0.05) is 55.7 Å². The Bertz CT molecular complexity index is 420. The molecule has 2 atom stereocenters. The van der Waals surface area contributed by atoms with Crippen molar-refractivity contribution in [2.24, 2.45) is 11.8 Å². The molecule has 0 saturated heterocycles. The monoisotopic (exact) mass is 258 g/mol. The van der Waals surface area contributed by atoms with Gasteiger partial charge in [0, 0.05) is 5.92 Å². The molecule has 2 unspecified atom stereocenters. The van der Waals surface area contributed by atoms with Crippen LogP contribution in [-0.4, -0.2) is 13.1 Å². The number of methoxy groups -OCH3 is 1. The van der Waals surface area contributed by atoms with Gasteiger partial charge in [0.2, 0.25) is 0 Å². The fourth-order valence-electron chi connectivity index (χ4n) is 2.84. The Morgan fingerprint density at radius 1 is 1.42 bits per heavy atom. The second kappa shape index (κ2) is 6.55. The van der Waals surface area contributed by atoms with Crippen molar-refractivity contribution in [1.82, 2.24) is 0 Å². The van der Waals surface area contributed by atoms with Crippen molar-refractivity contribution in [3.8, 4) is 0 Å². The first-order valence-electron chi connectivity index (χ1n) is 7.01. The van der Waals surface area contributed by atoms with Crippen LogP contribution in [0.2, 0.25) is 0 Å². The lowest BCUT2D eigenvalue weighted by Gasteiger charge is -2.32. The van der Waals surface area contributed by atoms with Gasteiger partial charge in [0.15, 0.2) is 0 Å². The number of hydrogen-bond donors (Lipinski definition) is 0. The minimum Gasteiger partial charge on any atom is -0.469 e. The molecular weight excluding hydrogens is 236 g/mol. The molecule has 2 heteroatoms. The van der Waals surface area contributed by atoms with Crippen molar-refractivity contribution in [3.63, 3.8) is 0 Å². The zero-order chi connectivity index (χ0) is 13.7. The van der Waals surface area contributed by atoms with E-state index in [9.17, 15) is 4.79 Å². The normalized spacial score (nSPS) is 18.2. The van der Waals surface area contributed by atoms with Gasteiger partial charge in [0.25, 0.3) is 0 Å². The van der Waals surface area contributed by atoms with Gasteiger partial charge in [-0.2, -0.15) is 0 Å². The Morgan fingerprint density at radius 2 is 2.11 bits per heavy atom. The van der Waals surface area contributed by atoms with E-state index in [-0.39, 0.29) is 17.8 Å². The largest absolute Gasteiger partial charge is 0.469 e. The first-order chi connectivity index (χ1) is 9.26. The third-order valence-corrected chi connectivity index (χ3v) is 4.20. The maximum atomic E-state index is 12.0. The average molecular weight is 258 g/mol. The van der Waals surface area contributed by atoms with E-state index in [1.807, 2.05) is 18.2 Å². The molecule has 1 aromatic carbocycles. The molecule has 0 amide bonds. The summed E-state index contributed by atoms with van der Waals surface area (Å²) in [4.78, 5) is 12.0. The second-order valence-electron chi connectivity index (χ2n) is 5.33. The number of ether oxygens (including phenoxy) is 1. The number of carbonyl (C=O) groups excluding carboxylic acids is 1. The molecule has 0 bridgehead atoms. The van der Waals surface area contributed by atoms with Gasteiger partial charge in [0.1, 0.15) is 0 Å². The van der Waals surface area contributed by atoms with Crippen LogP contribution in [0.4, 0.5) is 0 Å². The fourth-order valence-corrected chi connectivity index (χ4v) is 2.84. The Hall–Kier alpha value is -1.57. The number of benzene rings is 1. The SMILES string of the molecule is C=CC(C(=O)OC)C(CC1CCC1)c1ccccc1. The third kappa shape index (κ3) is 3.25. The second-order valence-corrected chi connectivity index (χ2v) is 5.33. The first-order valence-corrected chi connectivity index (χ1v) is 7.01. The van der Waals surface area contributed by atoms with Gasteiger partial charge in [-0.3, -0.25) is 4.79 Å². The highest BCUT2D eigenvalue weighted by atomic mass is 16.5. The Labute approximate surface area is 115 Å². The summed E-state index contributed by atoms with van der Waals surface area (Å²) in [6.45, 7) is 3.83. The Balaban J connectivity index is 2.21. The molecule has 0 aromatic heterocycles. The molecular formula is C17H22O2. The van der Waals surface area contributed by atoms with Crippen molar-refractivity contribution < 1.29 is 9.53 Å². The van der Waals surface area contributed by atoms with Crippen LogP contribution in [-0.2, 0) is 9.53 Å². The Kier molecular flexibility index (Phi) is 4.78. The fraction of sp³-hybridized carbons (Fsp3) is 0.471. The minimum absolute atomic E-state index is 0.178. The smallest absolute Gasteiger partial charge is 0.313 e. The lowest BCUT2D eigenvalue weighted by molar-refractivity contribution is -0.144. The van der Waals surface area contributed by atoms with E-state index < -0.39 is 0 Å². The van der Waals surface area contributed by atoms with Crippen LogP contribution in [0.1, 0.15) is 37.2 Å². The van der Waals surface area contributed by atoms with Gasteiger partial charge in [-0.25, -0.2) is 0 Å². The zero-order valence-corrected chi connectivity index (χ0v) is 11.5. The molecule has 0 heterocycles. The van der Waals surface area contributed by atoms with Crippen molar-refractivity contribution in [1.29, 1.82) is 0 Å². The maximum absolute atomic E-state index is 12.0. The molecule has 19 heavy (non-hydrogen) atoms. The van der Waals surface area contributed by atoms with Crippen molar-refractivity contribution in [2.45, 2.75) is 31.6 Å². The summed E-state index contributed by atoms with van der Waals surface area (Å²) in [5.41, 5.74) is 1.21. The summed E-state index contributed by atoms with van der Waals surface area (Å²) in [6, 6.07) is 10.3. The van der Waals surface area contributed by atoms with Crippen LogP contribution >= 0.6 is 0 Å². The van der Waals surface area contributed by atoms with Crippen molar-refractivity contribution in [2.75, 3.05) is 7.11 Å². The summed E-state index contributed by atoms with van der Waals surface area (Å²) < 4.78 is 4.93. The standard InChI is InChI=1S/C17H22O2/c1-3-15(17(18)19-2)16(12-13-8-7-9-13)14-10-5-4-6-11-14/h3-6,10-11,13,15-16H,1,7-9,12H2,2H3. The lowest BCUT2D eigenvalue weighted by atomic mass is 9.73. The molecule has 0 spiro atoms. The molecule has 1 saturated carbocycles. The highest BCUT2D eigenvalue weighted by Crippen LogP contribution is 2.39. The van der Waals surface area contributed by atoms with E-state index in [0.29, 0.717) is 0 Å². The van der Waals surface area contributed by atoms with Crippen LogP contribution in [0.3, 0.4) is 0 Å². The molecule has 1 aromatic rings. The Morgan fingerprint density at radius 3 is 2.58 bits per heavy atom. The quantitative estimate of drug-likeness (QED) is 0.570. The van der Waals surface area contributed by atoms with Gasteiger partial charge in [-0.05, 0) is 17.9 Å². The molecule has 0 radical (unpaired) electrons. The summed E-state index contributed by atoms with van der Waals surface area (Å²) in [7, 11) is 1.45. The van der Waals surface area contributed by atoms with Crippen molar-refractivity contribution >= 4 is 5.97 Å². The number of rotatable bonds is 6. The molecule has 1 aliphatic rings. The molecule has 2 nitrogen and oxygen atoms in total. The van der Waals surface area contributed by atoms with E-state index >= 15 is 0 Å². The van der Waals surface area contributed by atoms with Gasteiger partial charge in [-0.15, -0.1) is 6.58 Å². The molecule has 0 N–H and O–H groups in total. The van der Waals surface area contributed by atoms with Crippen LogP contribution in [0.5, 0.6) is 0 Å². The van der Waals surface area contributed by atoms with Crippen LogP contribution < -0.4 is 0 Å². The minimum atomic E-state index is -0.243. The van der Waals surface area contributed by atoms with E-state index in [1.54, 1.807) is 6.08 Å². The number of esters is 1. The van der Waals surface area contributed by atoms with Crippen LogP contribution in [0, 0.1) is 11.8 Å². The first kappa shape index (κ1) is 13.9. The van der Waals surface area contributed by atoms with Gasteiger partial charge in [0.05, 0.1) is 13.0 Å². The van der Waals surface area contributed by atoms with E-state index in [0.717, 1.165) is 12.3 Å². The highest BCUT2D eigenvalue weighted by Gasteiger charge is 2.31. The van der Waals surface area contributed by atoms with Crippen LogP contribution in [0.25, 0.3) is 0 Å². The number of hydrogen-bond acceptors (Lipinski definition) is 2. The average Bonchev–Trinajstić information content (AvgIpc) is 2.41. The topological polar surface area (TPSA) is 26.3 Å². The third-order valence-electron chi connectivity index (χ3n) is 4.20.